The third-order valence-electron chi connectivity index (χ3n) is 1.86. The maximum absolute atomic E-state index is 10.7. The largest absolute Gasteiger partial charge is 0.497 e. The maximum Gasteiger partial charge on any atom is 0.285 e. The van der Waals surface area contributed by atoms with Gasteiger partial charge in [-0.05, 0) is 6.07 Å². The number of hydrogen-bond donors (Lipinski definition) is 1. The summed E-state index contributed by atoms with van der Waals surface area (Å²) in [4.78, 5) is 10.2. The van der Waals surface area contributed by atoms with Crippen LogP contribution in [-0.4, -0.2) is 23.7 Å². The predicted molar refractivity (Wildman–Crippen MR) is 58.2 cm³/mol. The van der Waals surface area contributed by atoms with Crippen LogP contribution in [0.4, 0.5) is 5.69 Å². The number of rotatable bonds is 3. The van der Waals surface area contributed by atoms with E-state index >= 15 is 0 Å². The van der Waals surface area contributed by atoms with Crippen LogP contribution in [0.25, 0.3) is 0 Å². The Morgan fingerprint density at radius 3 is 2.88 bits per heavy atom. The third-order valence-corrected chi connectivity index (χ3v) is 1.86. The summed E-state index contributed by atoms with van der Waals surface area (Å²) in [5.74, 6) is 5.79. The number of benzene rings is 1. The Balaban J connectivity index is 3.11. The van der Waals surface area contributed by atoms with Crippen LogP contribution in [0.5, 0.6) is 5.75 Å². The number of aliphatic hydroxyl groups excluding tert-OH is 1. The Labute approximate surface area is 92.8 Å². The zero-order valence-corrected chi connectivity index (χ0v) is 8.77. The highest BCUT2D eigenvalue weighted by atomic mass is 16.6. The highest BCUT2D eigenvalue weighted by Crippen LogP contribution is 2.22. The van der Waals surface area contributed by atoms with Crippen LogP contribution in [0.2, 0.25) is 0 Å². The molecule has 0 aliphatic carbocycles. The molecule has 0 radical (unpaired) electrons. The quantitative estimate of drug-likeness (QED) is 0.475. The van der Waals surface area contributed by atoms with E-state index in [4.69, 9.17) is 9.84 Å². The van der Waals surface area contributed by atoms with Gasteiger partial charge < -0.3 is 9.84 Å². The normalized spacial score (nSPS) is 9.12. The number of ether oxygens (including phenoxy) is 1. The molecule has 1 aromatic carbocycles. The molecule has 0 saturated carbocycles. The van der Waals surface area contributed by atoms with E-state index in [-0.39, 0.29) is 24.3 Å². The van der Waals surface area contributed by atoms with Gasteiger partial charge in [0.15, 0.2) is 0 Å². The lowest BCUT2D eigenvalue weighted by Crippen LogP contribution is -1.93. The molecule has 0 aromatic heterocycles. The Hall–Kier alpha value is -2.06. The molecule has 84 valence electrons. The van der Waals surface area contributed by atoms with Gasteiger partial charge in [0.2, 0.25) is 0 Å². The van der Waals surface area contributed by atoms with Crippen LogP contribution in [-0.2, 0) is 0 Å². The van der Waals surface area contributed by atoms with Gasteiger partial charge in [-0.2, -0.15) is 0 Å². The number of aliphatic hydroxyl groups is 1. The van der Waals surface area contributed by atoms with Gasteiger partial charge in [0.05, 0.1) is 18.6 Å². The van der Waals surface area contributed by atoms with E-state index in [1.165, 1.54) is 25.3 Å². The van der Waals surface area contributed by atoms with E-state index in [2.05, 4.69) is 11.8 Å². The van der Waals surface area contributed by atoms with Crippen molar-refractivity contribution in [3.8, 4) is 17.6 Å². The van der Waals surface area contributed by atoms with Gasteiger partial charge in [-0.1, -0.05) is 11.8 Å². The van der Waals surface area contributed by atoms with E-state index < -0.39 is 4.92 Å². The molecule has 0 aliphatic rings. The average Bonchev–Trinajstić information content (AvgIpc) is 2.29. The summed E-state index contributed by atoms with van der Waals surface area (Å²) in [7, 11) is 1.48. The van der Waals surface area contributed by atoms with E-state index in [9.17, 15) is 10.1 Å². The summed E-state index contributed by atoms with van der Waals surface area (Å²) < 4.78 is 4.96. The molecule has 0 spiro atoms. The van der Waals surface area contributed by atoms with Crippen LogP contribution in [0.1, 0.15) is 12.0 Å². The minimum Gasteiger partial charge on any atom is -0.497 e. The van der Waals surface area contributed by atoms with Crippen molar-refractivity contribution in [1.82, 2.24) is 0 Å². The van der Waals surface area contributed by atoms with Gasteiger partial charge in [0.25, 0.3) is 5.69 Å². The highest BCUT2D eigenvalue weighted by molar-refractivity contribution is 5.54. The molecular weight excluding hydrogens is 210 g/mol. The Morgan fingerprint density at radius 2 is 2.31 bits per heavy atom. The fraction of sp³-hybridized carbons (Fsp3) is 0.273. The second-order valence-corrected chi connectivity index (χ2v) is 2.92. The molecule has 0 heterocycles. The number of nitrogens with zero attached hydrogens (tertiary/aromatic N) is 1. The number of nitro groups is 1. The molecule has 5 nitrogen and oxygen atoms in total. The van der Waals surface area contributed by atoms with E-state index in [0.717, 1.165) is 0 Å². The lowest BCUT2D eigenvalue weighted by Gasteiger charge is -2.00. The van der Waals surface area contributed by atoms with Crippen LogP contribution in [0.3, 0.4) is 0 Å². The van der Waals surface area contributed by atoms with Crippen molar-refractivity contribution >= 4 is 5.69 Å². The molecule has 16 heavy (non-hydrogen) atoms. The first-order valence-corrected chi connectivity index (χ1v) is 4.61. The molecule has 1 aromatic rings. The molecule has 0 amide bonds. The fourth-order valence-electron chi connectivity index (χ4n) is 1.12. The van der Waals surface area contributed by atoms with Crippen molar-refractivity contribution in [2.45, 2.75) is 6.42 Å². The fourth-order valence-corrected chi connectivity index (χ4v) is 1.12. The lowest BCUT2D eigenvalue weighted by molar-refractivity contribution is -0.385. The standard InChI is InChI=1S/C11H11NO4/c1-16-10-5-6-11(12(14)15)9(8-10)4-2-3-7-13/h5-6,8,13H,3,7H2,1H3. The van der Waals surface area contributed by atoms with Crippen molar-refractivity contribution < 1.29 is 14.8 Å². The van der Waals surface area contributed by atoms with E-state index in [1.807, 2.05) is 0 Å². The minimum absolute atomic E-state index is 0.0637. The zero-order chi connectivity index (χ0) is 12.0. The van der Waals surface area contributed by atoms with Gasteiger partial charge >= 0.3 is 0 Å². The smallest absolute Gasteiger partial charge is 0.285 e. The number of methoxy groups -OCH3 is 1. The van der Waals surface area contributed by atoms with Crippen LogP contribution < -0.4 is 4.74 Å². The Bertz CT molecular complexity index is 445. The molecule has 0 unspecified atom stereocenters. The van der Waals surface area contributed by atoms with Gasteiger partial charge in [-0.25, -0.2) is 0 Å². The van der Waals surface area contributed by atoms with Crippen molar-refractivity contribution in [3.05, 3.63) is 33.9 Å². The summed E-state index contributed by atoms with van der Waals surface area (Å²) in [5, 5.41) is 19.3. The van der Waals surface area contributed by atoms with Gasteiger partial charge in [0.1, 0.15) is 11.3 Å². The first-order chi connectivity index (χ1) is 7.69. The van der Waals surface area contributed by atoms with E-state index in [0.29, 0.717) is 5.75 Å². The summed E-state index contributed by atoms with van der Waals surface area (Å²) in [6.07, 6.45) is 0.286. The Morgan fingerprint density at radius 1 is 1.56 bits per heavy atom. The second kappa shape index (κ2) is 5.73. The second-order valence-electron chi connectivity index (χ2n) is 2.92. The van der Waals surface area contributed by atoms with Crippen molar-refractivity contribution in [2.24, 2.45) is 0 Å². The zero-order valence-electron chi connectivity index (χ0n) is 8.77. The Kier molecular flexibility index (Phi) is 4.30. The minimum atomic E-state index is -0.498. The first kappa shape index (κ1) is 12.0. The monoisotopic (exact) mass is 221 g/mol. The molecule has 5 heteroatoms. The molecule has 0 bridgehead atoms. The first-order valence-electron chi connectivity index (χ1n) is 4.61. The summed E-state index contributed by atoms with van der Waals surface area (Å²) >= 11 is 0. The predicted octanol–water partition coefficient (Wildman–Crippen LogP) is 1.34. The van der Waals surface area contributed by atoms with Crippen molar-refractivity contribution in [3.63, 3.8) is 0 Å². The molecule has 0 saturated heterocycles. The molecule has 0 fully saturated rings. The molecular formula is C11H11NO4. The number of hydrogen-bond acceptors (Lipinski definition) is 4. The topological polar surface area (TPSA) is 72.6 Å². The van der Waals surface area contributed by atoms with Crippen molar-refractivity contribution in [2.75, 3.05) is 13.7 Å². The molecule has 1 rings (SSSR count). The van der Waals surface area contributed by atoms with Crippen molar-refractivity contribution in [1.29, 1.82) is 0 Å². The van der Waals surface area contributed by atoms with Gasteiger partial charge in [-0.3, -0.25) is 10.1 Å². The third kappa shape index (κ3) is 2.97. The number of nitro benzene ring substituents is 1. The van der Waals surface area contributed by atoms with Crippen LogP contribution in [0, 0.1) is 22.0 Å². The summed E-state index contributed by atoms with van der Waals surface area (Å²) in [6, 6.07) is 4.36. The SMILES string of the molecule is COc1ccc([N+](=O)[O-])c(C#CCCO)c1. The van der Waals surface area contributed by atoms with Crippen LogP contribution >= 0.6 is 0 Å². The van der Waals surface area contributed by atoms with E-state index in [1.54, 1.807) is 0 Å². The lowest BCUT2D eigenvalue weighted by atomic mass is 10.1. The highest BCUT2D eigenvalue weighted by Gasteiger charge is 2.12. The average molecular weight is 221 g/mol. The van der Waals surface area contributed by atoms with Gasteiger partial charge in [-0.15, -0.1) is 0 Å². The molecule has 0 atom stereocenters. The maximum atomic E-state index is 10.7. The van der Waals surface area contributed by atoms with Gasteiger partial charge in [0, 0.05) is 18.6 Å². The van der Waals surface area contributed by atoms with Crippen LogP contribution in [0.15, 0.2) is 18.2 Å². The molecule has 1 N–H and O–H groups in total. The summed E-state index contributed by atoms with van der Waals surface area (Å²) in [6.45, 7) is -0.0647. The summed E-state index contributed by atoms with van der Waals surface area (Å²) in [5.41, 5.74) is 0.226. The molecule has 0 aliphatic heterocycles.